The van der Waals surface area contributed by atoms with E-state index in [4.69, 9.17) is 22.7 Å². The zero-order valence-electron chi connectivity index (χ0n) is 14.0. The smallest absolute Gasteiger partial charge is 0.134 e. The number of rotatable bonds is 4. The molecule has 2 aromatic carbocycles. The van der Waals surface area contributed by atoms with E-state index in [0.717, 1.165) is 22.5 Å². The van der Waals surface area contributed by atoms with E-state index in [-0.39, 0.29) is 0 Å². The molecule has 0 aliphatic rings. The van der Waals surface area contributed by atoms with E-state index in [2.05, 4.69) is 15.3 Å². The fourth-order valence-electron chi connectivity index (χ4n) is 2.57. The molecule has 0 radical (unpaired) electrons. The van der Waals surface area contributed by atoms with Gasteiger partial charge in [-0.1, -0.05) is 17.7 Å². The van der Waals surface area contributed by atoms with Gasteiger partial charge in [0, 0.05) is 39.8 Å². The van der Waals surface area contributed by atoms with Crippen LogP contribution in [0.15, 0.2) is 42.5 Å². The number of aromatic nitrogens is 2. The Morgan fingerprint density at radius 1 is 1.08 bits per heavy atom. The molecule has 0 unspecified atom stereocenters. The van der Waals surface area contributed by atoms with Crippen LogP contribution >= 0.6 is 11.6 Å². The van der Waals surface area contributed by atoms with Crippen molar-refractivity contribution in [3.63, 3.8) is 0 Å². The van der Waals surface area contributed by atoms with Crippen molar-refractivity contribution in [2.45, 2.75) is 13.8 Å². The van der Waals surface area contributed by atoms with Crippen LogP contribution in [0.5, 0.6) is 0 Å². The molecule has 4 N–H and O–H groups in total. The van der Waals surface area contributed by atoms with Crippen molar-refractivity contribution in [1.29, 1.82) is 5.41 Å². The standard InChI is InChI=1S/C19H18ClN5/c1-11-3-5-14(20)7-16(11)18-9-19(24-12(2)23-18)25-15-6-4-13(10-21)17(22)8-15/h3-10,21H,22H2,1-2H3,(H,23,24,25). The average Bonchev–Trinajstić information content (AvgIpc) is 2.56. The van der Waals surface area contributed by atoms with Crippen LogP contribution in [0.2, 0.25) is 5.02 Å². The maximum atomic E-state index is 7.31. The van der Waals surface area contributed by atoms with Gasteiger partial charge in [0.05, 0.1) is 5.69 Å². The lowest BCUT2D eigenvalue weighted by Crippen LogP contribution is -2.01. The molecule has 3 aromatic rings. The highest BCUT2D eigenvalue weighted by Gasteiger charge is 2.09. The molecule has 0 aliphatic heterocycles. The molecule has 3 rings (SSSR count). The topological polar surface area (TPSA) is 87.7 Å². The molecule has 0 spiro atoms. The lowest BCUT2D eigenvalue weighted by atomic mass is 10.1. The monoisotopic (exact) mass is 351 g/mol. The van der Waals surface area contributed by atoms with Crippen LogP contribution in [0.25, 0.3) is 11.3 Å². The Balaban J connectivity index is 1.98. The van der Waals surface area contributed by atoms with Crippen molar-refractivity contribution >= 4 is 35.0 Å². The Labute approximate surface area is 151 Å². The number of nitrogens with two attached hydrogens (primary N) is 1. The highest BCUT2D eigenvalue weighted by Crippen LogP contribution is 2.28. The quantitative estimate of drug-likeness (QED) is 0.468. The van der Waals surface area contributed by atoms with Gasteiger partial charge < -0.3 is 16.5 Å². The zero-order valence-corrected chi connectivity index (χ0v) is 14.7. The summed E-state index contributed by atoms with van der Waals surface area (Å²) in [5.74, 6) is 1.33. The van der Waals surface area contributed by atoms with E-state index in [1.807, 2.05) is 44.2 Å². The van der Waals surface area contributed by atoms with E-state index in [9.17, 15) is 0 Å². The predicted octanol–water partition coefficient (Wildman–Crippen LogP) is 4.74. The highest BCUT2D eigenvalue weighted by molar-refractivity contribution is 6.30. The normalized spacial score (nSPS) is 10.5. The van der Waals surface area contributed by atoms with Gasteiger partial charge in [-0.15, -0.1) is 0 Å². The van der Waals surface area contributed by atoms with Gasteiger partial charge in [0.1, 0.15) is 11.6 Å². The van der Waals surface area contributed by atoms with Crippen LogP contribution in [-0.2, 0) is 0 Å². The first-order valence-electron chi connectivity index (χ1n) is 7.75. The van der Waals surface area contributed by atoms with E-state index >= 15 is 0 Å². The first-order chi connectivity index (χ1) is 12.0. The van der Waals surface area contributed by atoms with Crippen LogP contribution in [-0.4, -0.2) is 16.2 Å². The van der Waals surface area contributed by atoms with E-state index < -0.39 is 0 Å². The molecule has 1 heterocycles. The fourth-order valence-corrected chi connectivity index (χ4v) is 2.74. The summed E-state index contributed by atoms with van der Waals surface area (Å²) in [6.07, 6.45) is 1.23. The Hall–Kier alpha value is -2.92. The van der Waals surface area contributed by atoms with Gasteiger partial charge in [-0.2, -0.15) is 0 Å². The summed E-state index contributed by atoms with van der Waals surface area (Å²) in [6, 6.07) is 13.0. The highest BCUT2D eigenvalue weighted by atomic mass is 35.5. The number of benzene rings is 2. The summed E-state index contributed by atoms with van der Waals surface area (Å²) in [7, 11) is 0. The molecular formula is C19H18ClN5. The van der Waals surface area contributed by atoms with Gasteiger partial charge in [0.25, 0.3) is 0 Å². The number of hydrogen-bond acceptors (Lipinski definition) is 5. The summed E-state index contributed by atoms with van der Waals surface area (Å²) in [6.45, 7) is 3.87. The van der Waals surface area contributed by atoms with Crippen molar-refractivity contribution < 1.29 is 0 Å². The molecule has 0 saturated carbocycles. The fraction of sp³-hybridized carbons (Fsp3) is 0.105. The van der Waals surface area contributed by atoms with E-state index in [1.54, 1.807) is 12.1 Å². The Morgan fingerprint density at radius 2 is 1.88 bits per heavy atom. The van der Waals surface area contributed by atoms with Crippen LogP contribution in [0.4, 0.5) is 17.2 Å². The summed E-state index contributed by atoms with van der Waals surface area (Å²) >= 11 is 6.13. The number of anilines is 3. The first kappa shape index (κ1) is 16.9. The first-order valence-corrected chi connectivity index (χ1v) is 8.13. The molecular weight excluding hydrogens is 334 g/mol. The van der Waals surface area contributed by atoms with Gasteiger partial charge in [-0.3, -0.25) is 0 Å². The molecule has 5 nitrogen and oxygen atoms in total. The second-order valence-corrected chi connectivity index (χ2v) is 6.19. The van der Waals surface area contributed by atoms with Crippen LogP contribution in [0, 0.1) is 19.3 Å². The number of nitrogens with zero attached hydrogens (tertiary/aromatic N) is 2. The summed E-state index contributed by atoms with van der Waals surface area (Å²) in [4.78, 5) is 8.97. The van der Waals surface area contributed by atoms with Crippen molar-refractivity contribution in [2.75, 3.05) is 11.1 Å². The SMILES string of the molecule is Cc1nc(Nc2ccc(C=N)c(N)c2)cc(-c2cc(Cl)ccc2C)n1. The molecule has 126 valence electrons. The second kappa shape index (κ2) is 6.91. The summed E-state index contributed by atoms with van der Waals surface area (Å²) < 4.78 is 0. The third-order valence-corrected chi connectivity index (χ3v) is 4.06. The molecule has 0 bridgehead atoms. The number of hydrogen-bond donors (Lipinski definition) is 3. The molecule has 0 atom stereocenters. The molecule has 6 heteroatoms. The van der Waals surface area contributed by atoms with Gasteiger partial charge in [-0.25, -0.2) is 9.97 Å². The largest absolute Gasteiger partial charge is 0.398 e. The molecule has 1 aromatic heterocycles. The van der Waals surface area contributed by atoms with Crippen LogP contribution in [0.1, 0.15) is 17.0 Å². The number of nitrogen functional groups attached to an aromatic ring is 1. The third-order valence-electron chi connectivity index (χ3n) is 3.83. The van der Waals surface area contributed by atoms with E-state index in [0.29, 0.717) is 27.9 Å². The lowest BCUT2D eigenvalue weighted by molar-refractivity contribution is 1.06. The number of nitrogens with one attached hydrogen (secondary N) is 2. The Bertz CT molecular complexity index is 953. The Kier molecular flexibility index (Phi) is 4.67. The van der Waals surface area contributed by atoms with Gasteiger partial charge in [0.15, 0.2) is 0 Å². The summed E-state index contributed by atoms with van der Waals surface area (Å²) in [5, 5.41) is 11.2. The van der Waals surface area contributed by atoms with Crippen molar-refractivity contribution in [2.24, 2.45) is 0 Å². The minimum atomic E-state index is 0.539. The minimum Gasteiger partial charge on any atom is -0.398 e. The molecule has 0 aliphatic carbocycles. The number of aryl methyl sites for hydroxylation is 2. The number of halogens is 1. The molecule has 0 saturated heterocycles. The molecule has 0 amide bonds. The minimum absolute atomic E-state index is 0.539. The van der Waals surface area contributed by atoms with Gasteiger partial charge in [-0.05, 0) is 49.7 Å². The molecule has 25 heavy (non-hydrogen) atoms. The van der Waals surface area contributed by atoms with Crippen LogP contribution < -0.4 is 11.1 Å². The predicted molar refractivity (Wildman–Crippen MR) is 104 cm³/mol. The van der Waals surface area contributed by atoms with Gasteiger partial charge >= 0.3 is 0 Å². The average molecular weight is 352 g/mol. The van der Waals surface area contributed by atoms with Gasteiger partial charge in [0.2, 0.25) is 0 Å². The maximum Gasteiger partial charge on any atom is 0.134 e. The molecule has 0 fully saturated rings. The van der Waals surface area contributed by atoms with Crippen molar-refractivity contribution in [3.05, 3.63) is 64.4 Å². The van der Waals surface area contributed by atoms with Crippen molar-refractivity contribution in [3.8, 4) is 11.3 Å². The van der Waals surface area contributed by atoms with Crippen LogP contribution in [0.3, 0.4) is 0 Å². The second-order valence-electron chi connectivity index (χ2n) is 5.76. The Morgan fingerprint density at radius 3 is 2.60 bits per heavy atom. The summed E-state index contributed by atoms with van der Waals surface area (Å²) in [5.41, 5.74) is 10.8. The third kappa shape index (κ3) is 3.78. The lowest BCUT2D eigenvalue weighted by Gasteiger charge is -2.11. The van der Waals surface area contributed by atoms with E-state index in [1.165, 1.54) is 6.21 Å². The maximum absolute atomic E-state index is 7.31. The zero-order chi connectivity index (χ0) is 18.0. The van der Waals surface area contributed by atoms with Crippen molar-refractivity contribution in [1.82, 2.24) is 9.97 Å².